The molecule has 1 aromatic heterocycles. The summed E-state index contributed by atoms with van der Waals surface area (Å²) in [5.74, 6) is -1.36. The molecular weight excluding hydrogens is 518 g/mol. The van der Waals surface area contributed by atoms with Gasteiger partial charge in [0.05, 0.1) is 16.9 Å². The average Bonchev–Trinajstić information content (AvgIpc) is 3.48. The molecule has 0 spiro atoms. The maximum Gasteiger partial charge on any atom is 0.573 e. The first-order valence-electron chi connectivity index (χ1n) is 11.4. The van der Waals surface area contributed by atoms with Crippen LogP contribution in [0.1, 0.15) is 11.3 Å². The minimum Gasteiger partial charge on any atom is -0.406 e. The van der Waals surface area contributed by atoms with Crippen molar-refractivity contribution in [2.24, 2.45) is 0 Å². The molecule has 0 radical (unpaired) electrons. The second-order valence-electron chi connectivity index (χ2n) is 8.37. The monoisotopic (exact) mass is 537 g/mol. The minimum atomic E-state index is -4.87. The molecule has 0 unspecified atom stereocenters. The molecule has 3 aromatic carbocycles. The third-order valence-corrected chi connectivity index (χ3v) is 5.55. The fraction of sp³-hybridized carbons (Fsp3) is 0.0370. The van der Waals surface area contributed by atoms with E-state index in [-0.39, 0.29) is 23.0 Å². The van der Waals surface area contributed by atoms with Gasteiger partial charge in [0.25, 0.3) is 5.91 Å². The Morgan fingerprint density at radius 3 is 2.41 bits per heavy atom. The van der Waals surface area contributed by atoms with Gasteiger partial charge in [0, 0.05) is 40.6 Å². The lowest BCUT2D eigenvalue weighted by atomic mass is 10.1. The van der Waals surface area contributed by atoms with Crippen molar-refractivity contribution in [2.75, 3.05) is 21.3 Å². The summed E-state index contributed by atoms with van der Waals surface area (Å²) in [5.41, 5.74) is 3.29. The molecule has 2 heterocycles. The number of rotatable bonds is 6. The molecule has 0 bridgehead atoms. The third kappa shape index (κ3) is 6.18. The number of anilines is 5. The van der Waals surface area contributed by atoms with Crippen molar-refractivity contribution >= 4 is 52.0 Å². The number of hydrogen-bond donors (Lipinski definition) is 5. The van der Waals surface area contributed by atoms with E-state index >= 15 is 0 Å². The Balaban J connectivity index is 1.28. The van der Waals surface area contributed by atoms with E-state index in [2.05, 4.69) is 31.0 Å². The highest BCUT2D eigenvalue weighted by Crippen LogP contribution is 2.36. The van der Waals surface area contributed by atoms with Crippen molar-refractivity contribution in [3.8, 4) is 5.75 Å². The number of nitrogens with one attached hydrogen (secondary N) is 5. The summed E-state index contributed by atoms with van der Waals surface area (Å²) in [6, 6.07) is 16.5. The molecule has 8 nitrogen and oxygen atoms in total. The summed E-state index contributed by atoms with van der Waals surface area (Å²) in [7, 11) is 0. The van der Waals surface area contributed by atoms with Gasteiger partial charge in [0.1, 0.15) is 11.6 Å². The van der Waals surface area contributed by atoms with Gasteiger partial charge in [-0.05, 0) is 60.7 Å². The van der Waals surface area contributed by atoms with Crippen LogP contribution in [-0.2, 0) is 4.79 Å². The van der Waals surface area contributed by atoms with Crippen molar-refractivity contribution in [2.45, 2.75) is 6.36 Å². The van der Waals surface area contributed by atoms with E-state index in [0.717, 1.165) is 23.9 Å². The van der Waals surface area contributed by atoms with Crippen molar-refractivity contribution in [3.05, 3.63) is 96.1 Å². The second-order valence-corrected chi connectivity index (χ2v) is 8.37. The van der Waals surface area contributed by atoms with Gasteiger partial charge in [0.15, 0.2) is 0 Å². The van der Waals surface area contributed by atoms with E-state index in [1.165, 1.54) is 24.3 Å². The van der Waals surface area contributed by atoms with Crippen molar-refractivity contribution in [3.63, 3.8) is 0 Å². The van der Waals surface area contributed by atoms with Crippen LogP contribution in [0.25, 0.3) is 11.6 Å². The molecule has 0 fully saturated rings. The predicted octanol–water partition coefficient (Wildman–Crippen LogP) is 6.93. The fourth-order valence-corrected chi connectivity index (χ4v) is 3.92. The molecule has 0 aliphatic carbocycles. The van der Waals surface area contributed by atoms with Crippen LogP contribution in [0.5, 0.6) is 5.75 Å². The Labute approximate surface area is 218 Å². The summed E-state index contributed by atoms with van der Waals surface area (Å²) in [5, 5.41) is 10.6. The summed E-state index contributed by atoms with van der Waals surface area (Å²) in [6.45, 7) is 0. The minimum absolute atomic E-state index is 0.0415. The Morgan fingerprint density at radius 1 is 0.897 bits per heavy atom. The zero-order valence-corrected chi connectivity index (χ0v) is 19.8. The molecule has 39 heavy (non-hydrogen) atoms. The first-order valence-corrected chi connectivity index (χ1v) is 11.4. The van der Waals surface area contributed by atoms with E-state index in [9.17, 15) is 27.2 Å². The van der Waals surface area contributed by atoms with Crippen molar-refractivity contribution in [1.82, 2.24) is 4.98 Å². The van der Waals surface area contributed by atoms with E-state index in [1.807, 2.05) is 12.1 Å². The molecule has 1 aliphatic heterocycles. The number of halogens is 4. The van der Waals surface area contributed by atoms with Gasteiger partial charge in [-0.1, -0.05) is 12.1 Å². The Bertz CT molecular complexity index is 1580. The molecule has 0 saturated carbocycles. The van der Waals surface area contributed by atoms with Gasteiger partial charge in [-0.25, -0.2) is 9.18 Å². The lowest BCUT2D eigenvalue weighted by Crippen LogP contribution is -2.20. The molecule has 1 aliphatic rings. The van der Waals surface area contributed by atoms with Crippen LogP contribution >= 0.6 is 0 Å². The van der Waals surface area contributed by atoms with Crippen LogP contribution in [0.2, 0.25) is 0 Å². The van der Waals surface area contributed by atoms with Gasteiger partial charge >= 0.3 is 12.4 Å². The Hall–Kier alpha value is -5.26. The number of hydrogen-bond acceptors (Lipinski definition) is 4. The summed E-state index contributed by atoms with van der Waals surface area (Å²) >= 11 is 0. The van der Waals surface area contributed by atoms with Gasteiger partial charge in [-0.3, -0.25) is 4.79 Å². The van der Waals surface area contributed by atoms with Gasteiger partial charge in [-0.15, -0.1) is 13.2 Å². The lowest BCUT2D eigenvalue weighted by Gasteiger charge is -2.13. The van der Waals surface area contributed by atoms with Crippen LogP contribution in [0, 0.1) is 5.82 Å². The number of alkyl halides is 3. The molecule has 3 amide bonds. The number of aromatic nitrogens is 1. The number of carbonyl (C=O) groups is 2. The lowest BCUT2D eigenvalue weighted by molar-refractivity contribution is -0.274. The molecule has 0 atom stereocenters. The normalized spacial score (nSPS) is 13.5. The van der Waals surface area contributed by atoms with E-state index < -0.39 is 24.0 Å². The number of aromatic amines is 1. The third-order valence-electron chi connectivity index (χ3n) is 5.55. The summed E-state index contributed by atoms with van der Waals surface area (Å²) in [4.78, 5) is 27.9. The summed E-state index contributed by atoms with van der Waals surface area (Å²) < 4.78 is 55.7. The standard InChI is InChI=1S/C27H19F4N5O3/c28-22-9-7-18(35-26(38)34-16-3-1-5-19(11-16)39-27(29,30)31)14-24(22)33-17-6-8-20-21(12-15-4-2-10-32-15)25(37)36-23(20)13-17/h1-14,32-33H,(H,36,37)(H2,34,35,38). The van der Waals surface area contributed by atoms with Gasteiger partial charge in [-0.2, -0.15) is 0 Å². The maximum atomic E-state index is 14.6. The highest BCUT2D eigenvalue weighted by atomic mass is 19.4. The summed E-state index contributed by atoms with van der Waals surface area (Å²) in [6.07, 6.45) is -1.39. The molecule has 5 N–H and O–H groups in total. The van der Waals surface area contributed by atoms with Crippen LogP contribution in [0.15, 0.2) is 79.0 Å². The number of fused-ring (bicyclic) bond motifs is 1. The highest BCUT2D eigenvalue weighted by Gasteiger charge is 2.31. The number of benzene rings is 3. The second kappa shape index (κ2) is 10.2. The predicted molar refractivity (Wildman–Crippen MR) is 139 cm³/mol. The number of ether oxygens (including phenoxy) is 1. The van der Waals surface area contributed by atoms with Crippen LogP contribution in [0.3, 0.4) is 0 Å². The number of H-pyrrole nitrogens is 1. The van der Waals surface area contributed by atoms with Crippen molar-refractivity contribution in [1.29, 1.82) is 0 Å². The van der Waals surface area contributed by atoms with E-state index in [4.69, 9.17) is 0 Å². The molecular formula is C27H19F4N5O3. The van der Waals surface area contributed by atoms with Crippen LogP contribution in [0.4, 0.5) is 50.8 Å². The van der Waals surface area contributed by atoms with Crippen molar-refractivity contribution < 1.29 is 31.9 Å². The smallest absolute Gasteiger partial charge is 0.406 e. The SMILES string of the molecule is O=C(Nc1cccc(OC(F)(F)F)c1)Nc1ccc(F)c(Nc2ccc3c(c2)NC(=O)C3=Cc2ccc[nH]2)c1. The number of carbonyl (C=O) groups excluding carboxylic acids is 2. The van der Waals surface area contributed by atoms with E-state index in [0.29, 0.717) is 22.5 Å². The van der Waals surface area contributed by atoms with Gasteiger partial charge in [0.2, 0.25) is 0 Å². The largest absolute Gasteiger partial charge is 0.573 e. The topological polar surface area (TPSA) is 107 Å². The molecule has 5 rings (SSSR count). The highest BCUT2D eigenvalue weighted by molar-refractivity contribution is 6.35. The van der Waals surface area contributed by atoms with Crippen LogP contribution < -0.4 is 26.0 Å². The zero-order chi connectivity index (χ0) is 27.6. The molecule has 12 heteroatoms. The maximum absolute atomic E-state index is 14.6. The quantitative estimate of drug-likeness (QED) is 0.136. The van der Waals surface area contributed by atoms with Gasteiger partial charge < -0.3 is 31.0 Å². The molecule has 198 valence electrons. The molecule has 4 aromatic rings. The Morgan fingerprint density at radius 2 is 1.67 bits per heavy atom. The van der Waals surface area contributed by atoms with E-state index in [1.54, 1.807) is 30.5 Å². The first-order chi connectivity index (χ1) is 18.6. The Kier molecular flexibility index (Phi) is 6.67. The average molecular weight is 537 g/mol. The first kappa shape index (κ1) is 25.4. The fourth-order valence-electron chi connectivity index (χ4n) is 3.92. The zero-order valence-electron chi connectivity index (χ0n) is 19.8. The number of urea groups is 1. The molecule has 0 saturated heterocycles. The number of amides is 3. The van der Waals surface area contributed by atoms with Crippen LogP contribution in [-0.4, -0.2) is 23.3 Å².